The molecule has 66 valence electrons. The van der Waals surface area contributed by atoms with E-state index in [0.29, 0.717) is 6.42 Å². The lowest BCUT2D eigenvalue weighted by Gasteiger charge is -1.86. The van der Waals surface area contributed by atoms with Gasteiger partial charge in [-0.15, -0.1) is 0 Å². The molecule has 0 heterocycles. The number of hydrogen-bond acceptors (Lipinski definition) is 1. The van der Waals surface area contributed by atoms with Crippen molar-refractivity contribution in [2.45, 2.75) is 39.0 Å². The van der Waals surface area contributed by atoms with Gasteiger partial charge in [-0.25, -0.2) is 0 Å². The van der Waals surface area contributed by atoms with Gasteiger partial charge in [0.15, 0.2) is 0 Å². The first-order valence-electron chi connectivity index (χ1n) is 4.48. The van der Waals surface area contributed by atoms with Crippen LogP contribution in [0.15, 0.2) is 0 Å². The van der Waals surface area contributed by atoms with Gasteiger partial charge in [0.05, 0.1) is 6.61 Å². The topological polar surface area (TPSA) is 20.2 Å². The van der Waals surface area contributed by atoms with Crippen LogP contribution in [0.1, 0.15) is 39.0 Å². The summed E-state index contributed by atoms with van der Waals surface area (Å²) in [6, 6.07) is 0. The number of aliphatic hydroxyl groups is 1. The predicted molar refractivity (Wildman–Crippen MR) is 51.4 cm³/mol. The molecule has 0 fully saturated rings. The SMILES string of the molecule is CCCCCC#CC#CCCO. The maximum Gasteiger partial charge on any atom is 0.0540 e. The summed E-state index contributed by atoms with van der Waals surface area (Å²) in [6.07, 6.45) is 5.13. The van der Waals surface area contributed by atoms with E-state index in [0.717, 1.165) is 6.42 Å². The zero-order valence-corrected chi connectivity index (χ0v) is 7.69. The van der Waals surface area contributed by atoms with Crippen molar-refractivity contribution < 1.29 is 5.11 Å². The maximum absolute atomic E-state index is 8.39. The Morgan fingerprint density at radius 2 is 1.67 bits per heavy atom. The van der Waals surface area contributed by atoms with Gasteiger partial charge in [-0.2, -0.15) is 0 Å². The van der Waals surface area contributed by atoms with Crippen molar-refractivity contribution in [3.05, 3.63) is 0 Å². The second-order valence-electron chi connectivity index (χ2n) is 2.53. The Hall–Kier alpha value is -0.920. The monoisotopic (exact) mass is 164 g/mol. The maximum atomic E-state index is 8.39. The van der Waals surface area contributed by atoms with E-state index in [2.05, 4.69) is 30.6 Å². The highest BCUT2D eigenvalue weighted by Crippen LogP contribution is 1.96. The van der Waals surface area contributed by atoms with Gasteiger partial charge < -0.3 is 5.11 Å². The molecule has 0 aliphatic heterocycles. The molecular formula is C11H16O. The van der Waals surface area contributed by atoms with Crippen molar-refractivity contribution in [3.8, 4) is 23.7 Å². The number of unbranched alkanes of at least 4 members (excludes halogenated alkanes) is 3. The summed E-state index contributed by atoms with van der Waals surface area (Å²) in [5, 5.41) is 8.39. The van der Waals surface area contributed by atoms with Crippen LogP contribution in [0.4, 0.5) is 0 Å². The molecule has 0 aliphatic carbocycles. The lowest BCUT2D eigenvalue weighted by molar-refractivity contribution is 0.305. The van der Waals surface area contributed by atoms with Gasteiger partial charge in [0, 0.05) is 12.8 Å². The molecule has 12 heavy (non-hydrogen) atoms. The number of aliphatic hydroxyl groups excluding tert-OH is 1. The summed E-state index contributed by atoms with van der Waals surface area (Å²) in [6.45, 7) is 2.30. The molecule has 0 rings (SSSR count). The normalized spacial score (nSPS) is 7.83. The fraction of sp³-hybridized carbons (Fsp3) is 0.636. The highest BCUT2D eigenvalue weighted by molar-refractivity contribution is 5.25. The van der Waals surface area contributed by atoms with Crippen LogP contribution in [-0.4, -0.2) is 11.7 Å². The third-order valence-electron chi connectivity index (χ3n) is 1.38. The first-order chi connectivity index (χ1) is 5.91. The van der Waals surface area contributed by atoms with Gasteiger partial charge in [0.1, 0.15) is 0 Å². The molecule has 0 spiro atoms. The third kappa shape index (κ3) is 9.08. The molecule has 0 saturated carbocycles. The molecule has 0 aromatic carbocycles. The van der Waals surface area contributed by atoms with E-state index >= 15 is 0 Å². The minimum absolute atomic E-state index is 0.129. The molecule has 0 radical (unpaired) electrons. The molecule has 0 amide bonds. The lowest BCUT2D eigenvalue weighted by atomic mass is 10.2. The minimum atomic E-state index is 0.129. The minimum Gasteiger partial charge on any atom is -0.395 e. The second kappa shape index (κ2) is 10.1. The zero-order chi connectivity index (χ0) is 9.07. The molecule has 1 N–H and O–H groups in total. The molecule has 0 aliphatic rings. The van der Waals surface area contributed by atoms with E-state index in [1.54, 1.807) is 0 Å². The van der Waals surface area contributed by atoms with E-state index in [4.69, 9.17) is 5.11 Å². The number of rotatable bonds is 4. The smallest absolute Gasteiger partial charge is 0.0540 e. The van der Waals surface area contributed by atoms with E-state index in [9.17, 15) is 0 Å². The Bertz CT molecular complexity index is 197. The van der Waals surface area contributed by atoms with E-state index in [1.165, 1.54) is 19.3 Å². The van der Waals surface area contributed by atoms with Crippen molar-refractivity contribution >= 4 is 0 Å². The molecule has 0 bridgehead atoms. The molecule has 1 heteroatoms. The third-order valence-corrected chi connectivity index (χ3v) is 1.38. The summed E-state index contributed by atoms with van der Waals surface area (Å²) in [4.78, 5) is 0. The van der Waals surface area contributed by atoms with Gasteiger partial charge in [-0.1, -0.05) is 31.6 Å². The molecule has 0 saturated heterocycles. The molecule has 0 aromatic heterocycles. The summed E-state index contributed by atoms with van der Waals surface area (Å²) >= 11 is 0. The van der Waals surface area contributed by atoms with Crippen LogP contribution in [0.5, 0.6) is 0 Å². The Kier molecular flexibility index (Phi) is 9.31. The van der Waals surface area contributed by atoms with Crippen molar-refractivity contribution in [1.82, 2.24) is 0 Å². The second-order valence-corrected chi connectivity index (χ2v) is 2.53. The highest BCUT2D eigenvalue weighted by Gasteiger charge is 1.79. The molecule has 0 aromatic rings. The largest absolute Gasteiger partial charge is 0.395 e. The summed E-state index contributed by atoms with van der Waals surface area (Å²) < 4.78 is 0. The molecule has 0 unspecified atom stereocenters. The van der Waals surface area contributed by atoms with Gasteiger partial charge in [-0.3, -0.25) is 0 Å². The van der Waals surface area contributed by atoms with Crippen molar-refractivity contribution in [3.63, 3.8) is 0 Å². The lowest BCUT2D eigenvalue weighted by Crippen LogP contribution is -1.74. The van der Waals surface area contributed by atoms with Crippen LogP contribution >= 0.6 is 0 Å². The van der Waals surface area contributed by atoms with E-state index in [1.807, 2.05) is 0 Å². The van der Waals surface area contributed by atoms with Crippen molar-refractivity contribution in [2.24, 2.45) is 0 Å². The van der Waals surface area contributed by atoms with E-state index < -0.39 is 0 Å². The average molecular weight is 164 g/mol. The summed E-state index contributed by atoms with van der Waals surface area (Å²) in [5.41, 5.74) is 0. The Morgan fingerprint density at radius 1 is 1.00 bits per heavy atom. The molecular weight excluding hydrogens is 148 g/mol. The van der Waals surface area contributed by atoms with Gasteiger partial charge in [-0.05, 0) is 18.3 Å². The quantitative estimate of drug-likeness (QED) is 0.497. The zero-order valence-electron chi connectivity index (χ0n) is 7.69. The highest BCUT2D eigenvalue weighted by atomic mass is 16.2. The van der Waals surface area contributed by atoms with Crippen LogP contribution in [0.2, 0.25) is 0 Å². The first kappa shape index (κ1) is 11.1. The standard InChI is InChI=1S/C11H16O/c1-2-3-4-5-6-7-8-9-10-11-12/h12H,2-5,10-11H2,1H3. The summed E-state index contributed by atoms with van der Waals surface area (Å²) in [7, 11) is 0. The van der Waals surface area contributed by atoms with E-state index in [-0.39, 0.29) is 6.61 Å². The average Bonchev–Trinajstić information content (AvgIpc) is 2.10. The summed E-state index contributed by atoms with van der Waals surface area (Å²) in [5.74, 6) is 11.2. The first-order valence-corrected chi connectivity index (χ1v) is 4.48. The van der Waals surface area contributed by atoms with Crippen LogP contribution in [0.3, 0.4) is 0 Å². The van der Waals surface area contributed by atoms with Crippen molar-refractivity contribution in [1.29, 1.82) is 0 Å². The van der Waals surface area contributed by atoms with Gasteiger partial charge >= 0.3 is 0 Å². The molecule has 1 nitrogen and oxygen atoms in total. The van der Waals surface area contributed by atoms with Crippen LogP contribution < -0.4 is 0 Å². The van der Waals surface area contributed by atoms with Crippen LogP contribution in [0, 0.1) is 23.7 Å². The fourth-order valence-electron chi connectivity index (χ4n) is 0.733. The predicted octanol–water partition coefficient (Wildman–Crippen LogP) is 1.96. The van der Waals surface area contributed by atoms with Gasteiger partial charge in [0.2, 0.25) is 0 Å². The Morgan fingerprint density at radius 3 is 2.25 bits per heavy atom. The Labute approximate surface area is 75.2 Å². The molecule has 0 atom stereocenters. The van der Waals surface area contributed by atoms with Crippen LogP contribution in [0.25, 0.3) is 0 Å². The van der Waals surface area contributed by atoms with Gasteiger partial charge in [0.25, 0.3) is 0 Å². The fourth-order valence-corrected chi connectivity index (χ4v) is 0.733. The number of hydrogen-bond donors (Lipinski definition) is 1. The Balaban J connectivity index is 3.29. The van der Waals surface area contributed by atoms with Crippen molar-refractivity contribution in [2.75, 3.05) is 6.61 Å². The van der Waals surface area contributed by atoms with Crippen LogP contribution in [-0.2, 0) is 0 Å².